The monoisotopic (exact) mass is 851 g/mol. The maximum absolute atomic E-state index is 14.6. The summed E-state index contributed by atoms with van der Waals surface area (Å²) in [6.07, 6.45) is 7.04. The van der Waals surface area contributed by atoms with Crippen molar-refractivity contribution < 1.29 is 33.8 Å². The van der Waals surface area contributed by atoms with Gasteiger partial charge in [-0.05, 0) is 142 Å². The SMILES string of the molecule is CC(=O)O[C@H](CN(CCN(C)C)Cc1ccccc1Cl)C12CC[C@]3(C)[C@H](CC[C@@H]4[C@@]5(C)CC[C@H](OC(=O)CC(C)(C)C(=O)O)C(C)(C)[C@@H]5CC[C@]43C)C1=C(C(C)C)C(=O)C2. The second-order valence-electron chi connectivity index (χ2n) is 22.3. The van der Waals surface area contributed by atoms with Crippen molar-refractivity contribution >= 4 is 35.3 Å². The van der Waals surface area contributed by atoms with Crippen LogP contribution in [0.5, 0.6) is 0 Å². The van der Waals surface area contributed by atoms with E-state index in [0.29, 0.717) is 36.4 Å². The van der Waals surface area contributed by atoms with E-state index in [1.165, 1.54) is 12.5 Å². The number of aliphatic carboxylic acids is 1. The number of carbonyl (C=O) groups is 4. The number of hydrogen-bond acceptors (Lipinski definition) is 8. The quantitative estimate of drug-likeness (QED) is 0.183. The smallest absolute Gasteiger partial charge is 0.309 e. The lowest BCUT2D eigenvalue weighted by atomic mass is 9.33. The highest BCUT2D eigenvalue weighted by molar-refractivity contribution is 6.31. The molecule has 4 saturated carbocycles. The van der Waals surface area contributed by atoms with E-state index >= 15 is 0 Å². The van der Waals surface area contributed by atoms with Gasteiger partial charge in [-0.1, -0.05) is 78.3 Å². The zero-order chi connectivity index (χ0) is 44.4. The van der Waals surface area contributed by atoms with E-state index in [9.17, 15) is 24.3 Å². The number of nitrogens with zero attached hydrogens (tertiary/aromatic N) is 2. The Balaban J connectivity index is 1.34. The maximum atomic E-state index is 14.6. The Kier molecular flexibility index (Phi) is 13.0. The van der Waals surface area contributed by atoms with Crippen molar-refractivity contribution in [3.05, 3.63) is 46.0 Å². The number of esters is 2. The molecule has 0 amide bonds. The van der Waals surface area contributed by atoms with Gasteiger partial charge < -0.3 is 19.5 Å². The van der Waals surface area contributed by atoms with E-state index in [1.807, 2.05) is 18.2 Å². The van der Waals surface area contributed by atoms with Crippen LogP contribution in [0.4, 0.5) is 0 Å². The molecule has 9 atom stereocenters. The predicted molar refractivity (Wildman–Crippen MR) is 236 cm³/mol. The predicted octanol–water partition coefficient (Wildman–Crippen LogP) is 10.0. The zero-order valence-electron chi connectivity index (χ0n) is 38.8. The number of benzene rings is 1. The fourth-order valence-electron chi connectivity index (χ4n) is 14.1. The minimum absolute atomic E-state index is 0.00209. The van der Waals surface area contributed by atoms with Gasteiger partial charge >= 0.3 is 17.9 Å². The number of allylic oxidation sites excluding steroid dienone is 1. The molecule has 0 heterocycles. The average Bonchev–Trinajstić information content (AvgIpc) is 3.45. The number of carboxylic acid groups (broad SMARTS) is 1. The molecule has 1 aromatic rings. The lowest BCUT2D eigenvalue weighted by Gasteiger charge is -2.72. The number of ether oxygens (including phenoxy) is 2. The van der Waals surface area contributed by atoms with E-state index in [0.717, 1.165) is 75.6 Å². The molecule has 9 nitrogen and oxygen atoms in total. The van der Waals surface area contributed by atoms with Gasteiger partial charge in [0.15, 0.2) is 5.78 Å². The van der Waals surface area contributed by atoms with Crippen molar-refractivity contribution in [2.75, 3.05) is 33.7 Å². The van der Waals surface area contributed by atoms with Crippen LogP contribution in [0.2, 0.25) is 5.02 Å². The standard InChI is InChI=1S/C50H75ClN2O7/c1-31(2)42-36(55)27-50(40(59-32(3)54)30-53(26-25-52(11)12)29-33-15-13-14-16-35(33)51)24-23-48(9)34(43(42)50)17-18-38-47(8)21-20-39(60-41(56)28-45(4,5)44(57)58)46(6,7)37(47)19-22-49(38,48)10/h13-16,31,34,37-40H,17-30H2,1-12H3,(H,57,58)/t34-,37+,38-,39+,40-,47+,48-,49-,50?/m1/s1. The molecule has 1 unspecified atom stereocenters. The van der Waals surface area contributed by atoms with Crippen LogP contribution in [0.1, 0.15) is 139 Å². The minimum atomic E-state index is -1.18. The first-order valence-corrected chi connectivity index (χ1v) is 23.2. The molecule has 5 aliphatic rings. The number of fused-ring (bicyclic) bond motifs is 7. The topological polar surface area (TPSA) is 113 Å². The van der Waals surface area contributed by atoms with Crippen LogP contribution in [0.25, 0.3) is 0 Å². The third kappa shape index (κ3) is 8.04. The zero-order valence-corrected chi connectivity index (χ0v) is 39.6. The molecule has 0 saturated heterocycles. The second kappa shape index (κ2) is 16.7. The summed E-state index contributed by atoms with van der Waals surface area (Å²) in [5.74, 6) is -0.492. The Bertz CT molecular complexity index is 1870. The van der Waals surface area contributed by atoms with Gasteiger partial charge in [-0.15, -0.1) is 0 Å². The van der Waals surface area contributed by atoms with E-state index in [-0.39, 0.29) is 57.8 Å². The van der Waals surface area contributed by atoms with Crippen LogP contribution in [0.3, 0.4) is 0 Å². The molecule has 0 aromatic heterocycles. The molecular formula is C50H75ClN2O7. The normalized spacial score (nSPS) is 34.2. The summed E-state index contributed by atoms with van der Waals surface area (Å²) in [5.41, 5.74) is 1.21. The van der Waals surface area contributed by atoms with Crippen LogP contribution in [0.15, 0.2) is 35.4 Å². The molecule has 1 aromatic carbocycles. The number of hydrogen-bond donors (Lipinski definition) is 1. The number of halogens is 1. The summed E-state index contributed by atoms with van der Waals surface area (Å²) in [6.45, 7) is 23.9. The second-order valence-corrected chi connectivity index (χ2v) is 22.7. The lowest BCUT2D eigenvalue weighted by Crippen LogP contribution is -2.66. The van der Waals surface area contributed by atoms with Gasteiger partial charge in [0, 0.05) is 55.4 Å². The van der Waals surface area contributed by atoms with E-state index in [1.54, 1.807) is 13.8 Å². The van der Waals surface area contributed by atoms with Gasteiger partial charge in [-0.2, -0.15) is 0 Å². The van der Waals surface area contributed by atoms with Gasteiger partial charge in [0.2, 0.25) is 0 Å². The van der Waals surface area contributed by atoms with Crippen LogP contribution < -0.4 is 0 Å². The summed E-state index contributed by atoms with van der Waals surface area (Å²) in [6, 6.07) is 7.95. The van der Waals surface area contributed by atoms with Crippen molar-refractivity contribution in [1.82, 2.24) is 9.80 Å². The number of likely N-dealkylation sites (N-methyl/N-ethyl adjacent to an activating group) is 1. The first-order valence-electron chi connectivity index (χ1n) is 22.8. The van der Waals surface area contributed by atoms with Gasteiger partial charge in [0.1, 0.15) is 12.2 Å². The Morgan fingerprint density at radius 2 is 1.60 bits per heavy atom. The molecule has 60 heavy (non-hydrogen) atoms. The largest absolute Gasteiger partial charge is 0.481 e. The Labute approximate surface area is 365 Å². The fraction of sp³-hybridized carbons (Fsp3) is 0.760. The van der Waals surface area contributed by atoms with Gasteiger partial charge in [0.25, 0.3) is 0 Å². The van der Waals surface area contributed by atoms with Crippen molar-refractivity contribution in [3.8, 4) is 0 Å². The van der Waals surface area contributed by atoms with Crippen molar-refractivity contribution in [3.63, 3.8) is 0 Å². The first kappa shape index (κ1) is 46.7. The Morgan fingerprint density at radius 3 is 2.22 bits per heavy atom. The van der Waals surface area contributed by atoms with E-state index in [2.05, 4.69) is 78.4 Å². The molecule has 0 spiro atoms. The maximum Gasteiger partial charge on any atom is 0.309 e. The van der Waals surface area contributed by atoms with Gasteiger partial charge in [0.05, 0.1) is 11.8 Å². The van der Waals surface area contributed by atoms with Crippen molar-refractivity contribution in [2.24, 2.45) is 56.2 Å². The molecule has 0 radical (unpaired) electrons. The molecule has 0 aliphatic heterocycles. The number of carbonyl (C=O) groups excluding carboxylic acids is 3. The summed E-state index contributed by atoms with van der Waals surface area (Å²) in [4.78, 5) is 57.4. The third-order valence-corrected chi connectivity index (χ3v) is 17.8. The highest BCUT2D eigenvalue weighted by Crippen LogP contribution is 2.77. The van der Waals surface area contributed by atoms with Crippen LogP contribution in [-0.4, -0.2) is 84.5 Å². The summed E-state index contributed by atoms with van der Waals surface area (Å²) in [7, 11) is 4.14. The molecule has 1 N–H and O–H groups in total. The van der Waals surface area contributed by atoms with E-state index < -0.39 is 28.9 Å². The number of rotatable bonds is 14. The van der Waals surface area contributed by atoms with Crippen molar-refractivity contribution in [1.29, 1.82) is 0 Å². The number of carboxylic acids is 1. The van der Waals surface area contributed by atoms with Gasteiger partial charge in [-0.25, -0.2) is 0 Å². The minimum Gasteiger partial charge on any atom is -0.481 e. The average molecular weight is 852 g/mol. The molecule has 334 valence electrons. The van der Waals surface area contributed by atoms with Crippen LogP contribution in [-0.2, 0) is 35.2 Å². The highest BCUT2D eigenvalue weighted by Gasteiger charge is 2.71. The number of Topliss-reactive ketones (excluding diaryl/α,β-unsaturated/α-hetero) is 1. The van der Waals surface area contributed by atoms with Crippen LogP contribution in [0, 0.1) is 56.2 Å². The summed E-state index contributed by atoms with van der Waals surface area (Å²) >= 11 is 6.74. The molecule has 5 aliphatic carbocycles. The number of ketones is 1. The fourth-order valence-corrected chi connectivity index (χ4v) is 14.3. The van der Waals surface area contributed by atoms with E-state index in [4.69, 9.17) is 21.1 Å². The molecule has 4 fully saturated rings. The van der Waals surface area contributed by atoms with Crippen molar-refractivity contribution in [2.45, 2.75) is 152 Å². The first-order chi connectivity index (χ1) is 27.8. The highest BCUT2D eigenvalue weighted by atomic mass is 35.5. The lowest BCUT2D eigenvalue weighted by molar-refractivity contribution is -0.235. The Morgan fingerprint density at radius 1 is 0.917 bits per heavy atom. The Hall–Kier alpha value is -2.75. The third-order valence-electron chi connectivity index (χ3n) is 17.4. The molecule has 6 rings (SSSR count). The van der Waals surface area contributed by atoms with Gasteiger partial charge in [-0.3, -0.25) is 24.1 Å². The van der Waals surface area contributed by atoms with Crippen LogP contribution >= 0.6 is 11.6 Å². The summed E-state index contributed by atoms with van der Waals surface area (Å²) < 4.78 is 12.7. The molecule has 10 heteroatoms. The molecular weight excluding hydrogens is 776 g/mol. The summed E-state index contributed by atoms with van der Waals surface area (Å²) in [5, 5.41) is 10.4. The molecule has 0 bridgehead atoms.